The molecule has 4 heteroatoms. The maximum absolute atomic E-state index is 11.6. The summed E-state index contributed by atoms with van der Waals surface area (Å²) in [5.74, 6) is 0.245. The third kappa shape index (κ3) is 1.44. The zero-order chi connectivity index (χ0) is 9.31. The number of ether oxygens (including phenoxy) is 2. The van der Waals surface area contributed by atoms with E-state index in [1.165, 1.54) is 7.11 Å². The molecule has 1 saturated carbocycles. The van der Waals surface area contributed by atoms with Gasteiger partial charge in [0.2, 0.25) is 0 Å². The van der Waals surface area contributed by atoms with Crippen molar-refractivity contribution in [2.45, 2.75) is 18.4 Å². The van der Waals surface area contributed by atoms with Crippen molar-refractivity contribution in [1.82, 2.24) is 5.32 Å². The van der Waals surface area contributed by atoms with Crippen LogP contribution in [-0.4, -0.2) is 38.4 Å². The van der Waals surface area contributed by atoms with Crippen LogP contribution in [0.3, 0.4) is 0 Å². The minimum Gasteiger partial charge on any atom is -0.468 e. The summed E-state index contributed by atoms with van der Waals surface area (Å²) < 4.78 is 10.2. The van der Waals surface area contributed by atoms with Crippen LogP contribution < -0.4 is 5.32 Å². The first-order valence-electron chi connectivity index (χ1n) is 4.71. The molecule has 0 amide bonds. The molecule has 74 valence electrons. The highest BCUT2D eigenvalue weighted by Gasteiger charge is 2.52. The smallest absolute Gasteiger partial charge is 0.328 e. The Morgan fingerprint density at radius 3 is 2.85 bits per heavy atom. The molecular weight excluding hydrogens is 170 g/mol. The van der Waals surface area contributed by atoms with Crippen molar-refractivity contribution in [2.75, 3.05) is 26.9 Å². The quantitative estimate of drug-likeness (QED) is 0.612. The third-order valence-corrected chi connectivity index (χ3v) is 2.84. The highest BCUT2D eigenvalue weighted by atomic mass is 16.5. The fourth-order valence-corrected chi connectivity index (χ4v) is 1.95. The molecule has 4 nitrogen and oxygen atoms in total. The average molecular weight is 185 g/mol. The van der Waals surface area contributed by atoms with Gasteiger partial charge in [0.25, 0.3) is 0 Å². The Kier molecular flexibility index (Phi) is 2.26. The Morgan fingerprint density at radius 1 is 1.62 bits per heavy atom. The number of hydrogen-bond acceptors (Lipinski definition) is 4. The summed E-state index contributed by atoms with van der Waals surface area (Å²) in [5.41, 5.74) is -0.535. The lowest BCUT2D eigenvalue weighted by molar-refractivity contribution is -0.155. The summed E-state index contributed by atoms with van der Waals surface area (Å²) >= 11 is 0. The summed E-state index contributed by atoms with van der Waals surface area (Å²) in [6, 6.07) is 0. The Labute approximate surface area is 77.6 Å². The van der Waals surface area contributed by atoms with Gasteiger partial charge in [-0.05, 0) is 18.8 Å². The molecule has 0 aromatic rings. The minimum absolute atomic E-state index is 0.172. The van der Waals surface area contributed by atoms with Gasteiger partial charge in [-0.3, -0.25) is 5.32 Å². The zero-order valence-corrected chi connectivity index (χ0v) is 7.84. The zero-order valence-electron chi connectivity index (χ0n) is 7.84. The van der Waals surface area contributed by atoms with E-state index in [1.807, 2.05) is 0 Å². The molecule has 0 aromatic carbocycles. The largest absolute Gasteiger partial charge is 0.468 e. The number of esters is 1. The number of nitrogens with one attached hydrogen (secondary N) is 1. The molecule has 1 N–H and O–H groups in total. The predicted octanol–water partition coefficient (Wildman–Crippen LogP) is -0.0720. The van der Waals surface area contributed by atoms with Gasteiger partial charge < -0.3 is 9.47 Å². The lowest BCUT2D eigenvalue weighted by Gasteiger charge is -2.35. The van der Waals surface area contributed by atoms with Gasteiger partial charge in [0, 0.05) is 6.54 Å². The second-order valence-corrected chi connectivity index (χ2v) is 3.72. The first-order chi connectivity index (χ1) is 6.29. The molecule has 1 atom stereocenters. The maximum atomic E-state index is 11.6. The molecule has 13 heavy (non-hydrogen) atoms. The summed E-state index contributed by atoms with van der Waals surface area (Å²) in [6.07, 6.45) is 2.21. The van der Waals surface area contributed by atoms with Crippen molar-refractivity contribution in [2.24, 2.45) is 5.92 Å². The van der Waals surface area contributed by atoms with Crippen LogP contribution in [0.4, 0.5) is 0 Å². The second-order valence-electron chi connectivity index (χ2n) is 3.72. The van der Waals surface area contributed by atoms with Gasteiger partial charge in [0.05, 0.1) is 20.3 Å². The van der Waals surface area contributed by atoms with Crippen LogP contribution in [0.15, 0.2) is 0 Å². The van der Waals surface area contributed by atoms with Crippen molar-refractivity contribution in [3.8, 4) is 0 Å². The number of rotatable bonds is 2. The standard InChI is InChI=1S/C9H15NO3/c1-12-8(11)9(7-2-3-7)6-13-5-4-10-9/h7,10H,2-6H2,1H3. The number of carbonyl (C=O) groups excluding carboxylic acids is 1. The van der Waals surface area contributed by atoms with Crippen molar-refractivity contribution in [3.63, 3.8) is 0 Å². The number of methoxy groups -OCH3 is 1. The highest BCUT2D eigenvalue weighted by molar-refractivity contribution is 5.82. The lowest BCUT2D eigenvalue weighted by Crippen LogP contribution is -2.61. The van der Waals surface area contributed by atoms with Crippen molar-refractivity contribution in [1.29, 1.82) is 0 Å². The van der Waals surface area contributed by atoms with E-state index < -0.39 is 5.54 Å². The Bertz CT molecular complexity index is 207. The average Bonchev–Trinajstić information content (AvgIpc) is 3.01. The van der Waals surface area contributed by atoms with Crippen LogP contribution >= 0.6 is 0 Å². The first-order valence-corrected chi connectivity index (χ1v) is 4.71. The van der Waals surface area contributed by atoms with Crippen molar-refractivity contribution >= 4 is 5.97 Å². The van der Waals surface area contributed by atoms with Gasteiger partial charge in [-0.2, -0.15) is 0 Å². The van der Waals surface area contributed by atoms with Gasteiger partial charge in [-0.25, -0.2) is 4.79 Å². The van der Waals surface area contributed by atoms with Crippen LogP contribution in [0, 0.1) is 5.92 Å². The van der Waals surface area contributed by atoms with Crippen LogP contribution in [0.25, 0.3) is 0 Å². The fraction of sp³-hybridized carbons (Fsp3) is 0.889. The van der Waals surface area contributed by atoms with Crippen LogP contribution in [0.5, 0.6) is 0 Å². The SMILES string of the molecule is COC(=O)C1(C2CC2)COCCN1. The molecular formula is C9H15NO3. The van der Waals surface area contributed by atoms with E-state index in [4.69, 9.17) is 9.47 Å². The molecule has 2 rings (SSSR count). The molecule has 0 aromatic heterocycles. The molecule has 1 aliphatic heterocycles. The van der Waals surface area contributed by atoms with E-state index in [0.717, 1.165) is 19.4 Å². The molecule has 0 bridgehead atoms. The van der Waals surface area contributed by atoms with Crippen molar-refractivity contribution < 1.29 is 14.3 Å². The van der Waals surface area contributed by atoms with Crippen LogP contribution in [0.1, 0.15) is 12.8 Å². The lowest BCUT2D eigenvalue weighted by atomic mass is 9.93. The Morgan fingerprint density at radius 2 is 2.38 bits per heavy atom. The van der Waals surface area contributed by atoms with E-state index in [2.05, 4.69) is 5.32 Å². The Balaban J connectivity index is 2.13. The van der Waals surface area contributed by atoms with Crippen LogP contribution in [0.2, 0.25) is 0 Å². The van der Waals surface area contributed by atoms with E-state index >= 15 is 0 Å². The summed E-state index contributed by atoms with van der Waals surface area (Å²) in [4.78, 5) is 11.6. The fourth-order valence-electron chi connectivity index (χ4n) is 1.95. The molecule has 1 unspecified atom stereocenters. The molecule has 1 heterocycles. The normalized spacial score (nSPS) is 34.2. The van der Waals surface area contributed by atoms with Crippen molar-refractivity contribution in [3.05, 3.63) is 0 Å². The van der Waals surface area contributed by atoms with Gasteiger partial charge in [0.15, 0.2) is 0 Å². The maximum Gasteiger partial charge on any atom is 0.328 e. The minimum atomic E-state index is -0.535. The highest BCUT2D eigenvalue weighted by Crippen LogP contribution is 2.41. The van der Waals surface area contributed by atoms with Gasteiger partial charge in [-0.15, -0.1) is 0 Å². The molecule has 1 aliphatic carbocycles. The van der Waals surface area contributed by atoms with Crippen LogP contribution in [-0.2, 0) is 14.3 Å². The molecule has 1 saturated heterocycles. The Hall–Kier alpha value is -0.610. The third-order valence-electron chi connectivity index (χ3n) is 2.84. The molecule has 0 spiro atoms. The van der Waals surface area contributed by atoms with Gasteiger partial charge in [0.1, 0.15) is 5.54 Å². The van der Waals surface area contributed by atoms with E-state index in [9.17, 15) is 4.79 Å². The van der Waals surface area contributed by atoms with E-state index in [-0.39, 0.29) is 5.97 Å². The first kappa shape index (κ1) is 8.97. The number of morpholine rings is 1. The summed E-state index contributed by atoms with van der Waals surface area (Å²) in [5, 5.41) is 3.25. The van der Waals surface area contributed by atoms with Gasteiger partial charge in [-0.1, -0.05) is 0 Å². The van der Waals surface area contributed by atoms with E-state index in [1.54, 1.807) is 0 Å². The summed E-state index contributed by atoms with van der Waals surface area (Å²) in [6.45, 7) is 1.89. The monoisotopic (exact) mass is 185 g/mol. The summed E-state index contributed by atoms with van der Waals surface area (Å²) in [7, 11) is 1.43. The van der Waals surface area contributed by atoms with Gasteiger partial charge >= 0.3 is 5.97 Å². The topological polar surface area (TPSA) is 47.6 Å². The molecule has 0 radical (unpaired) electrons. The van der Waals surface area contributed by atoms with E-state index in [0.29, 0.717) is 19.1 Å². The number of carbonyl (C=O) groups is 1. The number of hydrogen-bond donors (Lipinski definition) is 1. The molecule has 2 aliphatic rings. The second kappa shape index (κ2) is 3.27. The molecule has 2 fully saturated rings. The predicted molar refractivity (Wildman–Crippen MR) is 46.3 cm³/mol.